The van der Waals surface area contributed by atoms with E-state index >= 15 is 0 Å². The number of rotatable bonds is 10. The lowest BCUT2D eigenvalue weighted by molar-refractivity contribution is -0.118. The first-order chi connectivity index (χ1) is 14.6. The summed E-state index contributed by atoms with van der Waals surface area (Å²) in [5, 5.41) is 12.2. The zero-order valence-electron chi connectivity index (χ0n) is 17.7. The lowest BCUT2D eigenvalue weighted by Crippen LogP contribution is -2.27. The van der Waals surface area contributed by atoms with Crippen molar-refractivity contribution in [2.75, 3.05) is 12.3 Å². The van der Waals surface area contributed by atoms with Crippen molar-refractivity contribution in [3.8, 4) is 5.75 Å². The van der Waals surface area contributed by atoms with Crippen molar-refractivity contribution in [2.45, 2.75) is 45.5 Å². The molecule has 0 aliphatic heterocycles. The van der Waals surface area contributed by atoms with Gasteiger partial charge in [-0.25, -0.2) is 0 Å². The molecule has 0 atom stereocenters. The predicted octanol–water partition coefficient (Wildman–Crippen LogP) is 3.94. The van der Waals surface area contributed by atoms with E-state index in [-0.39, 0.29) is 5.91 Å². The molecule has 0 spiro atoms. The number of nitrogens with zero attached hydrogens (tertiary/aromatic N) is 3. The van der Waals surface area contributed by atoms with E-state index in [9.17, 15) is 4.79 Å². The summed E-state index contributed by atoms with van der Waals surface area (Å²) in [7, 11) is 0. The molecule has 0 bridgehead atoms. The van der Waals surface area contributed by atoms with Gasteiger partial charge in [-0.3, -0.25) is 4.79 Å². The fourth-order valence-electron chi connectivity index (χ4n) is 3.05. The third kappa shape index (κ3) is 5.86. The monoisotopic (exact) mass is 424 g/mol. The molecular formula is C23H28N4O2S. The third-order valence-corrected chi connectivity index (χ3v) is 5.90. The Labute approximate surface area is 182 Å². The lowest BCUT2D eigenvalue weighted by atomic mass is 10.1. The van der Waals surface area contributed by atoms with Crippen molar-refractivity contribution in [3.05, 3.63) is 71.0 Å². The SMILES string of the molecule is CCn1c(COc2cccc(C)c2C)nnc1SCC(=O)NCCc1ccccc1. The number of hydrogen-bond acceptors (Lipinski definition) is 5. The first-order valence-electron chi connectivity index (χ1n) is 10.1. The molecule has 0 saturated heterocycles. The van der Waals surface area contributed by atoms with Gasteiger partial charge in [-0.15, -0.1) is 10.2 Å². The van der Waals surface area contributed by atoms with Crippen LogP contribution in [0.3, 0.4) is 0 Å². The van der Waals surface area contributed by atoms with Gasteiger partial charge in [0.05, 0.1) is 5.75 Å². The minimum atomic E-state index is -0.00484. The number of thioether (sulfide) groups is 1. The van der Waals surface area contributed by atoms with E-state index < -0.39 is 0 Å². The molecular weight excluding hydrogens is 396 g/mol. The maximum Gasteiger partial charge on any atom is 0.230 e. The molecule has 1 amide bonds. The number of benzene rings is 2. The lowest BCUT2D eigenvalue weighted by Gasteiger charge is -2.11. The summed E-state index contributed by atoms with van der Waals surface area (Å²) in [6, 6.07) is 16.1. The Hall–Kier alpha value is -2.80. The van der Waals surface area contributed by atoms with E-state index in [1.54, 1.807) is 0 Å². The van der Waals surface area contributed by atoms with E-state index in [4.69, 9.17) is 4.74 Å². The normalized spacial score (nSPS) is 10.8. The summed E-state index contributed by atoms with van der Waals surface area (Å²) in [4.78, 5) is 12.2. The van der Waals surface area contributed by atoms with Gasteiger partial charge in [-0.1, -0.05) is 54.2 Å². The number of amides is 1. The molecule has 2 aromatic carbocycles. The summed E-state index contributed by atoms with van der Waals surface area (Å²) in [6.45, 7) is 7.84. The predicted molar refractivity (Wildman–Crippen MR) is 120 cm³/mol. The van der Waals surface area contributed by atoms with Crippen molar-refractivity contribution in [2.24, 2.45) is 0 Å². The van der Waals surface area contributed by atoms with Gasteiger partial charge in [-0.05, 0) is 49.9 Å². The van der Waals surface area contributed by atoms with Gasteiger partial charge >= 0.3 is 0 Å². The highest BCUT2D eigenvalue weighted by Gasteiger charge is 2.14. The third-order valence-electron chi connectivity index (χ3n) is 4.93. The molecule has 1 heterocycles. The Bertz CT molecular complexity index is 973. The quantitative estimate of drug-likeness (QED) is 0.499. The molecule has 7 heteroatoms. The zero-order valence-corrected chi connectivity index (χ0v) is 18.5. The largest absolute Gasteiger partial charge is 0.485 e. The van der Waals surface area contributed by atoms with Crippen molar-refractivity contribution in [1.29, 1.82) is 0 Å². The average Bonchev–Trinajstić information content (AvgIpc) is 3.16. The van der Waals surface area contributed by atoms with Crippen LogP contribution in [0.5, 0.6) is 5.75 Å². The average molecular weight is 425 g/mol. The molecule has 0 fully saturated rings. The second-order valence-corrected chi connectivity index (χ2v) is 7.95. The van der Waals surface area contributed by atoms with Crippen molar-refractivity contribution in [1.82, 2.24) is 20.1 Å². The highest BCUT2D eigenvalue weighted by atomic mass is 32.2. The van der Waals surface area contributed by atoms with Gasteiger partial charge < -0.3 is 14.6 Å². The molecule has 1 N–H and O–H groups in total. The van der Waals surface area contributed by atoms with Crippen LogP contribution in [0.4, 0.5) is 0 Å². The van der Waals surface area contributed by atoms with Crippen molar-refractivity contribution >= 4 is 17.7 Å². The van der Waals surface area contributed by atoms with Crippen molar-refractivity contribution in [3.63, 3.8) is 0 Å². The van der Waals surface area contributed by atoms with Gasteiger partial charge in [0.1, 0.15) is 12.4 Å². The van der Waals surface area contributed by atoms with Crippen LogP contribution < -0.4 is 10.1 Å². The molecule has 1 aromatic heterocycles. The molecule has 0 unspecified atom stereocenters. The van der Waals surface area contributed by atoms with Crippen LogP contribution in [0.25, 0.3) is 0 Å². The summed E-state index contributed by atoms with van der Waals surface area (Å²) < 4.78 is 7.96. The molecule has 3 rings (SSSR count). The van der Waals surface area contributed by atoms with Crippen LogP contribution in [0.15, 0.2) is 53.7 Å². The molecule has 6 nitrogen and oxygen atoms in total. The zero-order chi connectivity index (χ0) is 21.3. The Morgan fingerprint density at radius 1 is 1.10 bits per heavy atom. The number of carbonyl (C=O) groups is 1. The van der Waals surface area contributed by atoms with Crippen molar-refractivity contribution < 1.29 is 9.53 Å². The Morgan fingerprint density at radius 2 is 1.90 bits per heavy atom. The van der Waals surface area contributed by atoms with E-state index in [1.807, 2.05) is 48.7 Å². The highest BCUT2D eigenvalue weighted by molar-refractivity contribution is 7.99. The number of aromatic nitrogens is 3. The molecule has 0 saturated carbocycles. The molecule has 0 aliphatic rings. The van der Waals surface area contributed by atoms with Crippen LogP contribution in [0.2, 0.25) is 0 Å². The summed E-state index contributed by atoms with van der Waals surface area (Å²) in [5.74, 6) is 1.91. The van der Waals surface area contributed by atoms with Gasteiger partial charge in [-0.2, -0.15) is 0 Å². The van der Waals surface area contributed by atoms with E-state index in [2.05, 4.69) is 40.6 Å². The highest BCUT2D eigenvalue weighted by Crippen LogP contribution is 2.22. The van der Waals surface area contributed by atoms with E-state index in [1.165, 1.54) is 22.9 Å². The van der Waals surface area contributed by atoms with Gasteiger partial charge in [0.25, 0.3) is 0 Å². The molecule has 3 aromatic rings. The molecule has 158 valence electrons. The van der Waals surface area contributed by atoms with Gasteiger partial charge in [0.15, 0.2) is 11.0 Å². The van der Waals surface area contributed by atoms with Gasteiger partial charge in [0, 0.05) is 13.1 Å². The van der Waals surface area contributed by atoms with Crippen LogP contribution >= 0.6 is 11.8 Å². The molecule has 0 radical (unpaired) electrons. The smallest absolute Gasteiger partial charge is 0.230 e. The first-order valence-corrected chi connectivity index (χ1v) is 11.1. The standard InChI is InChI=1S/C23H28N4O2S/c1-4-27-21(15-29-20-12-8-9-17(2)18(20)3)25-26-23(27)30-16-22(28)24-14-13-19-10-6-5-7-11-19/h5-12H,4,13-16H2,1-3H3,(H,24,28). The number of nitrogens with one attached hydrogen (secondary N) is 1. The maximum absolute atomic E-state index is 12.2. The number of ether oxygens (including phenoxy) is 1. The fraction of sp³-hybridized carbons (Fsp3) is 0.348. The van der Waals surface area contributed by atoms with Crippen LogP contribution in [0, 0.1) is 13.8 Å². The molecule has 0 aliphatic carbocycles. The Kier molecular flexibility index (Phi) is 7.90. The summed E-state index contributed by atoms with van der Waals surface area (Å²) in [6.07, 6.45) is 0.822. The maximum atomic E-state index is 12.2. The van der Waals surface area contributed by atoms with E-state index in [0.717, 1.165) is 35.3 Å². The Balaban J connectivity index is 1.50. The van der Waals surface area contributed by atoms with Crippen LogP contribution in [-0.2, 0) is 24.4 Å². The topological polar surface area (TPSA) is 69.0 Å². The minimum Gasteiger partial charge on any atom is -0.485 e. The molecule has 30 heavy (non-hydrogen) atoms. The number of aryl methyl sites for hydroxylation is 1. The van der Waals surface area contributed by atoms with E-state index in [0.29, 0.717) is 18.9 Å². The Morgan fingerprint density at radius 3 is 2.67 bits per heavy atom. The summed E-state index contributed by atoms with van der Waals surface area (Å²) in [5.41, 5.74) is 3.53. The number of hydrogen-bond donors (Lipinski definition) is 1. The van der Waals surface area contributed by atoms with Crippen LogP contribution in [-0.4, -0.2) is 33.0 Å². The second kappa shape index (κ2) is 10.8. The minimum absolute atomic E-state index is 0.00484. The summed E-state index contributed by atoms with van der Waals surface area (Å²) >= 11 is 1.40. The first kappa shape index (κ1) is 21.9. The van der Waals surface area contributed by atoms with Gasteiger partial charge in [0.2, 0.25) is 5.91 Å². The fourth-order valence-corrected chi connectivity index (χ4v) is 3.90. The van der Waals surface area contributed by atoms with Crippen LogP contribution in [0.1, 0.15) is 29.4 Å². The number of carbonyl (C=O) groups excluding carboxylic acids is 1. The second-order valence-electron chi connectivity index (χ2n) is 7.00.